The monoisotopic (exact) mass is 303 g/mol. The second-order valence-electron chi connectivity index (χ2n) is 4.52. The summed E-state index contributed by atoms with van der Waals surface area (Å²) in [4.78, 5) is 9.52. The third-order valence-corrected chi connectivity index (χ3v) is 5.30. The molecule has 1 unspecified atom stereocenters. The number of nitro benzene ring substituents is 1. The first-order chi connectivity index (χ1) is 9.37. The molecule has 0 saturated carbocycles. The van der Waals surface area contributed by atoms with Gasteiger partial charge in [0, 0.05) is 19.1 Å². The maximum atomic E-state index is 13.1. The zero-order valence-corrected chi connectivity index (χ0v) is 11.3. The predicted octanol–water partition coefficient (Wildman–Crippen LogP) is 0.846. The molecular weight excluding hydrogens is 289 g/mol. The molecule has 0 aromatic heterocycles. The van der Waals surface area contributed by atoms with Crippen molar-refractivity contribution >= 4 is 15.7 Å². The third-order valence-electron chi connectivity index (χ3n) is 3.30. The highest BCUT2D eigenvalue weighted by atomic mass is 32.2. The smallest absolute Gasteiger partial charge is 0.292 e. The van der Waals surface area contributed by atoms with E-state index in [1.165, 1.54) is 0 Å². The summed E-state index contributed by atoms with van der Waals surface area (Å²) in [6.07, 6.45) is 1.26. The second-order valence-corrected chi connectivity index (χ2v) is 6.38. The summed E-state index contributed by atoms with van der Waals surface area (Å²) in [7, 11) is -4.05. The maximum Gasteiger partial charge on any atom is 0.292 e. The van der Waals surface area contributed by atoms with Gasteiger partial charge < -0.3 is 5.73 Å². The first-order valence-electron chi connectivity index (χ1n) is 6.03. The van der Waals surface area contributed by atoms with Crippen LogP contribution in [0.2, 0.25) is 0 Å². The first-order valence-corrected chi connectivity index (χ1v) is 7.48. The molecule has 1 aromatic rings. The van der Waals surface area contributed by atoms with Gasteiger partial charge in [-0.2, -0.15) is 4.31 Å². The van der Waals surface area contributed by atoms with Gasteiger partial charge >= 0.3 is 0 Å². The molecule has 2 N–H and O–H groups in total. The zero-order chi connectivity index (χ0) is 14.9. The van der Waals surface area contributed by atoms with Gasteiger partial charge in [-0.15, -0.1) is 0 Å². The number of nitrogens with zero attached hydrogens (tertiary/aromatic N) is 2. The quantitative estimate of drug-likeness (QED) is 0.655. The molecule has 7 nitrogen and oxygen atoms in total. The molecule has 1 heterocycles. The van der Waals surface area contributed by atoms with Gasteiger partial charge in [-0.3, -0.25) is 10.1 Å². The molecule has 1 atom stereocenters. The van der Waals surface area contributed by atoms with E-state index in [-0.39, 0.29) is 19.1 Å². The van der Waals surface area contributed by atoms with Crippen LogP contribution < -0.4 is 5.73 Å². The van der Waals surface area contributed by atoms with Gasteiger partial charge in [-0.25, -0.2) is 12.8 Å². The minimum Gasteiger partial charge on any atom is -0.329 e. The average molecular weight is 303 g/mol. The van der Waals surface area contributed by atoms with Crippen LogP contribution in [-0.4, -0.2) is 36.8 Å². The second kappa shape index (κ2) is 5.43. The van der Waals surface area contributed by atoms with Crippen molar-refractivity contribution in [2.45, 2.75) is 23.8 Å². The van der Waals surface area contributed by atoms with Gasteiger partial charge in [0.2, 0.25) is 10.0 Å². The van der Waals surface area contributed by atoms with E-state index in [9.17, 15) is 22.9 Å². The molecule has 0 bridgehead atoms. The standard InChI is InChI=1S/C11H14FN3O4S/c12-8-3-4-11(10(6-8)15(16)17)20(18,19)14-5-1-2-9(14)7-13/h3-4,6,9H,1-2,5,7,13H2. The maximum absolute atomic E-state index is 13.1. The Labute approximate surface area is 115 Å². The van der Waals surface area contributed by atoms with Crippen molar-refractivity contribution in [3.63, 3.8) is 0 Å². The largest absolute Gasteiger partial charge is 0.329 e. The van der Waals surface area contributed by atoms with Crippen LogP contribution in [0.1, 0.15) is 12.8 Å². The van der Waals surface area contributed by atoms with Crippen LogP contribution in [-0.2, 0) is 10.0 Å². The SMILES string of the molecule is NCC1CCCN1S(=O)(=O)c1ccc(F)cc1[N+](=O)[O-]. The number of halogens is 1. The molecule has 20 heavy (non-hydrogen) atoms. The summed E-state index contributed by atoms with van der Waals surface area (Å²) in [5, 5.41) is 10.9. The normalized spacial score (nSPS) is 20.2. The fourth-order valence-electron chi connectivity index (χ4n) is 2.34. The molecule has 0 radical (unpaired) electrons. The average Bonchev–Trinajstić information content (AvgIpc) is 2.87. The fraction of sp³-hybridized carbons (Fsp3) is 0.455. The molecule has 0 spiro atoms. The Hall–Kier alpha value is -1.58. The van der Waals surface area contributed by atoms with E-state index >= 15 is 0 Å². The van der Waals surface area contributed by atoms with Crippen LogP contribution in [0.3, 0.4) is 0 Å². The minimum atomic E-state index is -4.05. The molecular formula is C11H14FN3O4S. The van der Waals surface area contributed by atoms with E-state index in [2.05, 4.69) is 0 Å². The summed E-state index contributed by atoms with van der Waals surface area (Å²) in [5.41, 5.74) is 4.76. The van der Waals surface area contributed by atoms with Gasteiger partial charge in [0.15, 0.2) is 4.90 Å². The highest BCUT2D eigenvalue weighted by Gasteiger charge is 2.38. The van der Waals surface area contributed by atoms with Crippen molar-refractivity contribution in [1.29, 1.82) is 0 Å². The number of rotatable bonds is 4. The lowest BCUT2D eigenvalue weighted by Gasteiger charge is -2.22. The molecule has 2 rings (SSSR count). The van der Waals surface area contributed by atoms with Crippen molar-refractivity contribution in [2.24, 2.45) is 5.73 Å². The Morgan fingerprint density at radius 2 is 2.20 bits per heavy atom. The number of nitro groups is 1. The van der Waals surface area contributed by atoms with Gasteiger partial charge in [0.25, 0.3) is 5.69 Å². The number of benzene rings is 1. The van der Waals surface area contributed by atoms with Crippen LogP contribution in [0.4, 0.5) is 10.1 Å². The lowest BCUT2D eigenvalue weighted by molar-refractivity contribution is -0.388. The molecule has 110 valence electrons. The number of sulfonamides is 1. The number of nitrogens with two attached hydrogens (primary N) is 1. The van der Waals surface area contributed by atoms with Crippen LogP contribution in [0.15, 0.2) is 23.1 Å². The molecule has 1 aromatic carbocycles. The lowest BCUT2D eigenvalue weighted by Crippen LogP contribution is -2.40. The van der Waals surface area contributed by atoms with E-state index in [4.69, 9.17) is 5.73 Å². The van der Waals surface area contributed by atoms with Crippen LogP contribution in [0.5, 0.6) is 0 Å². The highest BCUT2D eigenvalue weighted by molar-refractivity contribution is 7.89. The molecule has 9 heteroatoms. The van der Waals surface area contributed by atoms with Crippen molar-refractivity contribution in [3.8, 4) is 0 Å². The summed E-state index contributed by atoms with van der Waals surface area (Å²) in [6, 6.07) is 2.06. The van der Waals surface area contributed by atoms with E-state index in [0.29, 0.717) is 18.9 Å². The minimum absolute atomic E-state index is 0.147. The van der Waals surface area contributed by atoms with Crippen molar-refractivity contribution in [2.75, 3.05) is 13.1 Å². The van der Waals surface area contributed by atoms with E-state index in [1.54, 1.807) is 0 Å². The van der Waals surface area contributed by atoms with Crippen molar-refractivity contribution in [3.05, 3.63) is 34.1 Å². The summed E-state index contributed by atoms with van der Waals surface area (Å²) in [6.45, 7) is 0.410. The summed E-state index contributed by atoms with van der Waals surface area (Å²) in [5.74, 6) is -0.854. The Balaban J connectivity index is 2.52. The third kappa shape index (κ3) is 2.51. The number of hydrogen-bond acceptors (Lipinski definition) is 5. The topological polar surface area (TPSA) is 107 Å². The summed E-state index contributed by atoms with van der Waals surface area (Å²) >= 11 is 0. The van der Waals surface area contributed by atoms with E-state index in [0.717, 1.165) is 16.4 Å². The van der Waals surface area contributed by atoms with E-state index in [1.807, 2.05) is 0 Å². The van der Waals surface area contributed by atoms with Gasteiger partial charge in [-0.1, -0.05) is 0 Å². The van der Waals surface area contributed by atoms with Crippen molar-refractivity contribution < 1.29 is 17.7 Å². The van der Waals surface area contributed by atoms with Gasteiger partial charge in [0.05, 0.1) is 11.0 Å². The van der Waals surface area contributed by atoms with E-state index < -0.39 is 31.3 Å². The molecule has 0 aliphatic carbocycles. The highest BCUT2D eigenvalue weighted by Crippen LogP contribution is 2.31. The Morgan fingerprint density at radius 3 is 2.80 bits per heavy atom. The first kappa shape index (κ1) is 14.8. The van der Waals surface area contributed by atoms with Gasteiger partial charge in [0.1, 0.15) is 5.82 Å². The molecule has 0 amide bonds. The van der Waals surface area contributed by atoms with Crippen LogP contribution in [0.25, 0.3) is 0 Å². The summed E-state index contributed by atoms with van der Waals surface area (Å²) < 4.78 is 39.2. The predicted molar refractivity (Wildman–Crippen MR) is 69.0 cm³/mol. The lowest BCUT2D eigenvalue weighted by atomic mass is 10.2. The number of hydrogen-bond donors (Lipinski definition) is 1. The zero-order valence-electron chi connectivity index (χ0n) is 10.5. The Bertz CT molecular complexity index is 635. The van der Waals surface area contributed by atoms with Crippen LogP contribution >= 0.6 is 0 Å². The molecule has 1 aliphatic rings. The van der Waals surface area contributed by atoms with Gasteiger partial charge in [-0.05, 0) is 25.0 Å². The fourth-order valence-corrected chi connectivity index (χ4v) is 4.18. The van der Waals surface area contributed by atoms with Crippen LogP contribution in [0, 0.1) is 15.9 Å². The molecule has 1 fully saturated rings. The molecule has 1 saturated heterocycles. The van der Waals surface area contributed by atoms with Crippen molar-refractivity contribution in [1.82, 2.24) is 4.31 Å². The Morgan fingerprint density at radius 1 is 1.50 bits per heavy atom. The Kier molecular flexibility index (Phi) is 4.02. The molecule has 1 aliphatic heterocycles.